The van der Waals surface area contributed by atoms with Crippen molar-refractivity contribution in [1.82, 2.24) is 4.90 Å². The number of phenols is 1. The largest absolute Gasteiger partial charge is 0.504 e. The van der Waals surface area contributed by atoms with Gasteiger partial charge in [-0.3, -0.25) is 0 Å². The van der Waals surface area contributed by atoms with Gasteiger partial charge in [0.1, 0.15) is 0 Å². The number of likely N-dealkylation sites (N-methyl/N-ethyl adjacent to an activating group) is 1. The summed E-state index contributed by atoms with van der Waals surface area (Å²) in [5.74, 6) is 2.20. The lowest BCUT2D eigenvalue weighted by molar-refractivity contribution is 0.327. The number of halogens is 1. The molecule has 6 heteroatoms. The third-order valence-corrected chi connectivity index (χ3v) is 4.81. The maximum absolute atomic E-state index is 9.93. The van der Waals surface area contributed by atoms with E-state index in [0.717, 1.165) is 40.1 Å². The van der Waals surface area contributed by atoms with Crippen molar-refractivity contribution in [2.24, 2.45) is 0 Å². The standard InChI is InChI=1S/C19H24INO4/c1-21(12-14-9-15(20)19(22)18(11-14)25-4)8-7-13-5-6-16(23-2)17(10-13)24-3/h5-6,9-11,22H,7-8,12H2,1-4H3. The van der Waals surface area contributed by atoms with E-state index < -0.39 is 0 Å². The molecule has 0 heterocycles. The van der Waals surface area contributed by atoms with Crippen LogP contribution < -0.4 is 14.2 Å². The van der Waals surface area contributed by atoms with E-state index in [-0.39, 0.29) is 5.75 Å². The molecule has 0 aliphatic heterocycles. The first-order valence-corrected chi connectivity index (χ1v) is 9.01. The molecule has 25 heavy (non-hydrogen) atoms. The average Bonchev–Trinajstić information content (AvgIpc) is 2.62. The molecule has 2 aromatic carbocycles. The van der Waals surface area contributed by atoms with Gasteiger partial charge in [-0.2, -0.15) is 0 Å². The topological polar surface area (TPSA) is 51.2 Å². The van der Waals surface area contributed by atoms with E-state index in [4.69, 9.17) is 14.2 Å². The minimum Gasteiger partial charge on any atom is -0.504 e. The van der Waals surface area contributed by atoms with Gasteiger partial charge in [-0.05, 0) is 71.5 Å². The normalized spacial score (nSPS) is 10.8. The fourth-order valence-corrected chi connectivity index (χ4v) is 3.29. The maximum Gasteiger partial charge on any atom is 0.171 e. The van der Waals surface area contributed by atoms with Crippen LogP contribution in [0.3, 0.4) is 0 Å². The quantitative estimate of drug-likeness (QED) is 0.613. The molecule has 136 valence electrons. The van der Waals surface area contributed by atoms with Gasteiger partial charge in [0.2, 0.25) is 0 Å². The average molecular weight is 457 g/mol. The van der Waals surface area contributed by atoms with Crippen LogP contribution in [0.5, 0.6) is 23.0 Å². The van der Waals surface area contributed by atoms with Gasteiger partial charge in [-0.15, -0.1) is 0 Å². The first kappa shape index (κ1) is 19.7. The number of benzene rings is 2. The second-order valence-corrected chi connectivity index (χ2v) is 6.97. The van der Waals surface area contributed by atoms with E-state index in [0.29, 0.717) is 5.75 Å². The number of aromatic hydroxyl groups is 1. The first-order valence-electron chi connectivity index (χ1n) is 7.93. The van der Waals surface area contributed by atoms with Gasteiger partial charge in [0, 0.05) is 13.1 Å². The number of methoxy groups -OCH3 is 3. The second-order valence-electron chi connectivity index (χ2n) is 5.81. The van der Waals surface area contributed by atoms with E-state index in [1.54, 1.807) is 21.3 Å². The number of ether oxygens (including phenoxy) is 3. The van der Waals surface area contributed by atoms with Crippen molar-refractivity contribution >= 4 is 22.6 Å². The van der Waals surface area contributed by atoms with Gasteiger partial charge < -0.3 is 24.2 Å². The molecular weight excluding hydrogens is 433 g/mol. The maximum atomic E-state index is 9.93. The molecule has 2 rings (SSSR count). The van der Waals surface area contributed by atoms with Crippen molar-refractivity contribution in [3.05, 3.63) is 45.0 Å². The van der Waals surface area contributed by atoms with E-state index in [2.05, 4.69) is 40.6 Å². The summed E-state index contributed by atoms with van der Waals surface area (Å²) in [6.45, 7) is 1.68. The van der Waals surface area contributed by atoms with Gasteiger partial charge in [0.15, 0.2) is 23.0 Å². The Morgan fingerprint density at radius 1 is 0.920 bits per heavy atom. The molecule has 0 saturated carbocycles. The van der Waals surface area contributed by atoms with Crippen molar-refractivity contribution in [2.45, 2.75) is 13.0 Å². The zero-order chi connectivity index (χ0) is 18.4. The van der Waals surface area contributed by atoms with Crippen LogP contribution in [-0.2, 0) is 13.0 Å². The van der Waals surface area contributed by atoms with Crippen molar-refractivity contribution in [2.75, 3.05) is 34.9 Å². The molecule has 0 saturated heterocycles. The van der Waals surface area contributed by atoms with Crippen LogP contribution in [0.25, 0.3) is 0 Å². The summed E-state index contributed by atoms with van der Waals surface area (Å²) >= 11 is 2.12. The molecule has 0 aliphatic carbocycles. The number of hydrogen-bond acceptors (Lipinski definition) is 5. The summed E-state index contributed by atoms with van der Waals surface area (Å²) in [6, 6.07) is 9.86. The van der Waals surface area contributed by atoms with Crippen LogP contribution in [0.15, 0.2) is 30.3 Å². The van der Waals surface area contributed by atoms with Crippen LogP contribution >= 0.6 is 22.6 Å². The summed E-state index contributed by atoms with van der Waals surface area (Å²) in [5.41, 5.74) is 2.30. The zero-order valence-electron chi connectivity index (χ0n) is 15.0. The van der Waals surface area contributed by atoms with E-state index in [1.165, 1.54) is 5.56 Å². The van der Waals surface area contributed by atoms with Crippen molar-refractivity contribution in [3.63, 3.8) is 0 Å². The highest BCUT2D eigenvalue weighted by atomic mass is 127. The van der Waals surface area contributed by atoms with Crippen molar-refractivity contribution < 1.29 is 19.3 Å². The minimum absolute atomic E-state index is 0.194. The van der Waals surface area contributed by atoms with Gasteiger partial charge >= 0.3 is 0 Å². The molecule has 0 aromatic heterocycles. The van der Waals surface area contributed by atoms with Gasteiger partial charge in [-0.25, -0.2) is 0 Å². The highest BCUT2D eigenvalue weighted by Crippen LogP contribution is 2.32. The Morgan fingerprint density at radius 3 is 2.20 bits per heavy atom. The second kappa shape index (κ2) is 9.15. The van der Waals surface area contributed by atoms with Crippen molar-refractivity contribution in [3.8, 4) is 23.0 Å². The molecule has 0 unspecified atom stereocenters. The molecule has 2 aromatic rings. The highest BCUT2D eigenvalue weighted by molar-refractivity contribution is 14.1. The number of nitrogens with zero attached hydrogens (tertiary/aromatic N) is 1. The van der Waals surface area contributed by atoms with Crippen LogP contribution in [0.2, 0.25) is 0 Å². The lowest BCUT2D eigenvalue weighted by atomic mass is 10.1. The Morgan fingerprint density at radius 2 is 1.56 bits per heavy atom. The van der Waals surface area contributed by atoms with Crippen molar-refractivity contribution in [1.29, 1.82) is 0 Å². The van der Waals surface area contributed by atoms with E-state index >= 15 is 0 Å². The smallest absolute Gasteiger partial charge is 0.171 e. The fraction of sp³-hybridized carbons (Fsp3) is 0.368. The molecule has 0 bridgehead atoms. The lowest BCUT2D eigenvalue weighted by Crippen LogP contribution is -2.20. The Bertz CT molecular complexity index is 721. The zero-order valence-corrected chi connectivity index (χ0v) is 17.2. The van der Waals surface area contributed by atoms with Gasteiger partial charge in [0.25, 0.3) is 0 Å². The summed E-state index contributed by atoms with van der Waals surface area (Å²) in [7, 11) is 6.93. The molecule has 1 N–H and O–H groups in total. The summed E-state index contributed by atoms with van der Waals surface area (Å²) in [4.78, 5) is 2.23. The predicted molar refractivity (Wildman–Crippen MR) is 107 cm³/mol. The number of hydrogen-bond donors (Lipinski definition) is 1. The predicted octanol–water partition coefficient (Wildman–Crippen LogP) is 3.70. The monoisotopic (exact) mass is 457 g/mol. The van der Waals surface area contributed by atoms with Gasteiger partial charge in [-0.1, -0.05) is 6.07 Å². The fourth-order valence-electron chi connectivity index (χ4n) is 2.62. The number of phenolic OH excluding ortho intramolecular Hbond substituents is 1. The summed E-state index contributed by atoms with van der Waals surface area (Å²) < 4.78 is 16.6. The Hall–Kier alpha value is -1.67. The molecule has 0 fully saturated rings. The Balaban J connectivity index is 1.99. The molecule has 0 amide bonds. The van der Waals surface area contributed by atoms with E-state index in [1.807, 2.05) is 24.3 Å². The molecular formula is C19H24INO4. The SMILES string of the molecule is COc1ccc(CCN(C)Cc2cc(I)c(O)c(OC)c2)cc1OC. The summed E-state index contributed by atoms with van der Waals surface area (Å²) in [5, 5.41) is 9.93. The van der Waals surface area contributed by atoms with Crippen LogP contribution in [0.4, 0.5) is 0 Å². The molecule has 5 nitrogen and oxygen atoms in total. The van der Waals surface area contributed by atoms with Crippen LogP contribution in [-0.4, -0.2) is 44.9 Å². The Kier molecular flexibility index (Phi) is 7.19. The van der Waals surface area contributed by atoms with Crippen LogP contribution in [0.1, 0.15) is 11.1 Å². The van der Waals surface area contributed by atoms with Gasteiger partial charge in [0.05, 0.1) is 24.9 Å². The third-order valence-electron chi connectivity index (χ3n) is 3.99. The first-order chi connectivity index (χ1) is 12.0. The lowest BCUT2D eigenvalue weighted by Gasteiger charge is -2.18. The molecule has 0 aliphatic rings. The molecule has 0 radical (unpaired) electrons. The highest BCUT2D eigenvalue weighted by Gasteiger charge is 2.11. The van der Waals surface area contributed by atoms with E-state index in [9.17, 15) is 5.11 Å². The third kappa shape index (κ3) is 5.15. The molecule has 0 atom stereocenters. The molecule has 0 spiro atoms. The summed E-state index contributed by atoms with van der Waals surface area (Å²) in [6.07, 6.45) is 0.906. The van der Waals surface area contributed by atoms with Crippen LogP contribution in [0, 0.1) is 3.57 Å². The number of rotatable bonds is 8. The Labute approximate surface area is 162 Å². The minimum atomic E-state index is 0.194.